The summed E-state index contributed by atoms with van der Waals surface area (Å²) in [7, 11) is -2.50. The van der Waals surface area contributed by atoms with Crippen LogP contribution in [0.1, 0.15) is 41.9 Å². The van der Waals surface area contributed by atoms with Gasteiger partial charge in [0.2, 0.25) is 10.0 Å². The number of aromatic nitrogens is 1. The second-order valence-corrected chi connectivity index (χ2v) is 7.86. The fourth-order valence-corrected chi connectivity index (χ4v) is 4.72. The number of carbonyl (C=O) groups is 1. The first-order valence-electron chi connectivity index (χ1n) is 8.08. The summed E-state index contributed by atoms with van der Waals surface area (Å²) in [5.74, 6) is -0.562. The summed E-state index contributed by atoms with van der Waals surface area (Å²) in [5, 5.41) is 0. The van der Waals surface area contributed by atoms with E-state index >= 15 is 0 Å². The van der Waals surface area contributed by atoms with E-state index in [0.29, 0.717) is 5.69 Å². The van der Waals surface area contributed by atoms with Crippen LogP contribution in [0.4, 0.5) is 0 Å². The summed E-state index contributed by atoms with van der Waals surface area (Å²) in [6.07, 6.45) is 3.31. The summed E-state index contributed by atoms with van der Waals surface area (Å²) in [6, 6.07) is 11.0. The van der Waals surface area contributed by atoms with Gasteiger partial charge in [0.1, 0.15) is 0 Å². The minimum Gasteiger partial charge on any atom is -0.465 e. The molecule has 0 bridgehead atoms. The molecule has 1 aliphatic carbocycles. The number of carbonyl (C=O) groups excluding carboxylic acids is 1. The number of rotatable bonds is 6. The maximum absolute atomic E-state index is 13.2. The first kappa shape index (κ1) is 17.6. The number of hydrogen-bond donors (Lipinski definition) is 0. The molecule has 1 saturated carbocycles. The third kappa shape index (κ3) is 3.57. The lowest BCUT2D eigenvalue weighted by Gasteiger charge is -2.28. The van der Waals surface area contributed by atoms with Gasteiger partial charge in [0, 0.05) is 12.2 Å². The molecule has 0 unspecified atom stereocenters. The summed E-state index contributed by atoms with van der Waals surface area (Å²) in [4.78, 5) is 16.1. The molecule has 25 heavy (non-hydrogen) atoms. The maximum atomic E-state index is 13.2. The van der Waals surface area contributed by atoms with Crippen LogP contribution in [-0.4, -0.2) is 36.8 Å². The first-order chi connectivity index (χ1) is 11.9. The van der Waals surface area contributed by atoms with Gasteiger partial charge in [-0.3, -0.25) is 4.98 Å². The Morgan fingerprint density at radius 3 is 2.60 bits per heavy atom. The molecule has 1 aromatic carbocycles. The summed E-state index contributed by atoms with van der Waals surface area (Å²) >= 11 is 0. The number of pyridine rings is 1. The summed E-state index contributed by atoms with van der Waals surface area (Å²) in [5.41, 5.74) is 0.909. The van der Waals surface area contributed by atoms with Crippen molar-refractivity contribution in [3.8, 4) is 0 Å². The molecule has 1 heterocycles. The Hall–Kier alpha value is -2.25. The van der Waals surface area contributed by atoms with Crippen LogP contribution in [-0.2, 0) is 14.8 Å². The van der Waals surface area contributed by atoms with Gasteiger partial charge in [-0.05, 0) is 50.1 Å². The third-order valence-electron chi connectivity index (χ3n) is 4.23. The van der Waals surface area contributed by atoms with E-state index < -0.39 is 16.0 Å². The lowest BCUT2D eigenvalue weighted by Crippen LogP contribution is -2.36. The quantitative estimate of drug-likeness (QED) is 0.741. The van der Waals surface area contributed by atoms with E-state index in [1.165, 1.54) is 29.6 Å². The van der Waals surface area contributed by atoms with E-state index in [9.17, 15) is 13.2 Å². The second-order valence-electron chi connectivity index (χ2n) is 6.02. The average molecular weight is 360 g/mol. The molecule has 0 saturated heterocycles. The van der Waals surface area contributed by atoms with Crippen molar-refractivity contribution in [2.75, 3.05) is 7.11 Å². The molecule has 0 amide bonds. The van der Waals surface area contributed by atoms with Crippen molar-refractivity contribution < 1.29 is 17.9 Å². The van der Waals surface area contributed by atoms with E-state index in [1.54, 1.807) is 18.3 Å². The van der Waals surface area contributed by atoms with E-state index in [4.69, 9.17) is 0 Å². The lowest BCUT2D eigenvalue weighted by atomic mass is 10.2. The van der Waals surface area contributed by atoms with Crippen LogP contribution in [0, 0.1) is 0 Å². The molecule has 0 spiro atoms. The molecular formula is C18H20N2O4S. The van der Waals surface area contributed by atoms with Crippen LogP contribution >= 0.6 is 0 Å². The zero-order valence-electron chi connectivity index (χ0n) is 14.1. The summed E-state index contributed by atoms with van der Waals surface area (Å²) in [6.45, 7) is 1.84. The minimum atomic E-state index is -3.76. The number of hydrogen-bond acceptors (Lipinski definition) is 5. The molecule has 0 aliphatic heterocycles. The fourth-order valence-electron chi connectivity index (χ4n) is 2.83. The molecule has 1 aromatic heterocycles. The maximum Gasteiger partial charge on any atom is 0.337 e. The largest absolute Gasteiger partial charge is 0.465 e. The highest BCUT2D eigenvalue weighted by molar-refractivity contribution is 7.89. The Morgan fingerprint density at radius 1 is 1.24 bits per heavy atom. The number of ether oxygens (including phenoxy) is 1. The Kier molecular flexibility index (Phi) is 4.87. The molecular weight excluding hydrogens is 340 g/mol. The van der Waals surface area contributed by atoms with Crippen LogP contribution in [0.3, 0.4) is 0 Å². The van der Waals surface area contributed by atoms with Crippen molar-refractivity contribution in [1.29, 1.82) is 0 Å². The molecule has 6 nitrogen and oxygen atoms in total. The van der Waals surface area contributed by atoms with E-state index in [1.807, 2.05) is 19.1 Å². The third-order valence-corrected chi connectivity index (χ3v) is 6.25. The van der Waals surface area contributed by atoms with Crippen LogP contribution in [0.5, 0.6) is 0 Å². The van der Waals surface area contributed by atoms with Crippen molar-refractivity contribution in [3.63, 3.8) is 0 Å². The normalized spacial score (nSPS) is 15.8. The van der Waals surface area contributed by atoms with Gasteiger partial charge in [0.05, 0.1) is 29.3 Å². The van der Waals surface area contributed by atoms with E-state index in [2.05, 4.69) is 9.72 Å². The number of sulfonamides is 1. The van der Waals surface area contributed by atoms with Gasteiger partial charge >= 0.3 is 5.97 Å². The highest BCUT2D eigenvalue weighted by Crippen LogP contribution is 2.38. The molecule has 3 rings (SSSR count). The Morgan fingerprint density at radius 2 is 2.00 bits per heavy atom. The van der Waals surface area contributed by atoms with Crippen LogP contribution in [0.2, 0.25) is 0 Å². The van der Waals surface area contributed by atoms with Crippen molar-refractivity contribution >= 4 is 16.0 Å². The highest BCUT2D eigenvalue weighted by atomic mass is 32.2. The molecule has 1 fully saturated rings. The van der Waals surface area contributed by atoms with E-state index in [-0.39, 0.29) is 22.5 Å². The predicted octanol–water partition coefficient (Wildman–Crippen LogP) is 2.78. The van der Waals surface area contributed by atoms with Crippen molar-refractivity contribution in [1.82, 2.24) is 9.29 Å². The van der Waals surface area contributed by atoms with Crippen LogP contribution < -0.4 is 0 Å². The van der Waals surface area contributed by atoms with Crippen LogP contribution in [0.25, 0.3) is 0 Å². The monoisotopic (exact) mass is 360 g/mol. The molecule has 1 atom stereocenters. The topological polar surface area (TPSA) is 76.6 Å². The number of methoxy groups -OCH3 is 1. The first-order valence-corrected chi connectivity index (χ1v) is 9.52. The van der Waals surface area contributed by atoms with Gasteiger partial charge in [-0.2, -0.15) is 4.31 Å². The molecule has 7 heteroatoms. The van der Waals surface area contributed by atoms with Gasteiger partial charge in [0.15, 0.2) is 0 Å². The van der Waals surface area contributed by atoms with E-state index in [0.717, 1.165) is 12.8 Å². The molecule has 2 aromatic rings. The van der Waals surface area contributed by atoms with Gasteiger partial charge < -0.3 is 4.74 Å². The SMILES string of the molecule is COC(=O)c1cccc(S(=O)(=O)N(C2CC2)[C@H](C)c2ccccn2)c1. The lowest BCUT2D eigenvalue weighted by molar-refractivity contribution is 0.0600. The molecule has 0 N–H and O–H groups in total. The number of nitrogens with zero attached hydrogens (tertiary/aromatic N) is 2. The molecule has 132 valence electrons. The Bertz CT molecular complexity index is 864. The van der Waals surface area contributed by atoms with Gasteiger partial charge in [-0.25, -0.2) is 13.2 Å². The second kappa shape index (κ2) is 6.93. The number of benzene rings is 1. The highest BCUT2D eigenvalue weighted by Gasteiger charge is 2.42. The standard InChI is InChI=1S/C18H20N2O4S/c1-13(17-8-3-4-11-19-17)20(15-9-10-15)25(22,23)16-7-5-6-14(12-16)18(21)24-2/h3-8,11-13,15H,9-10H2,1-2H3/t13-/m1/s1. The Labute approximate surface area is 147 Å². The molecule has 1 aliphatic rings. The Balaban J connectivity index is 2.00. The average Bonchev–Trinajstić information content (AvgIpc) is 3.46. The zero-order valence-corrected chi connectivity index (χ0v) is 14.9. The molecule has 0 radical (unpaired) electrons. The smallest absolute Gasteiger partial charge is 0.337 e. The van der Waals surface area contributed by atoms with Crippen molar-refractivity contribution in [2.45, 2.75) is 36.7 Å². The van der Waals surface area contributed by atoms with Gasteiger partial charge in [0.25, 0.3) is 0 Å². The summed E-state index contributed by atoms with van der Waals surface area (Å²) < 4.78 is 32.7. The van der Waals surface area contributed by atoms with Gasteiger partial charge in [-0.1, -0.05) is 12.1 Å². The minimum absolute atomic E-state index is 0.0382. The van der Waals surface area contributed by atoms with Gasteiger partial charge in [-0.15, -0.1) is 0 Å². The van der Waals surface area contributed by atoms with Crippen molar-refractivity contribution in [2.24, 2.45) is 0 Å². The zero-order chi connectivity index (χ0) is 18.0. The predicted molar refractivity (Wildman–Crippen MR) is 92.5 cm³/mol. The van der Waals surface area contributed by atoms with Crippen molar-refractivity contribution in [3.05, 3.63) is 59.9 Å². The fraction of sp³-hybridized carbons (Fsp3) is 0.333. The number of esters is 1. The van der Waals surface area contributed by atoms with Crippen LogP contribution in [0.15, 0.2) is 53.6 Å².